The first-order chi connectivity index (χ1) is 8.58. The van der Waals surface area contributed by atoms with E-state index in [1.165, 1.54) is 5.69 Å². The lowest BCUT2D eigenvalue weighted by Crippen LogP contribution is -2.35. The fourth-order valence-electron chi connectivity index (χ4n) is 2.65. The van der Waals surface area contributed by atoms with Gasteiger partial charge in [-0.25, -0.2) is 0 Å². The van der Waals surface area contributed by atoms with Gasteiger partial charge in [-0.1, -0.05) is 6.07 Å². The van der Waals surface area contributed by atoms with Crippen molar-refractivity contribution >= 4 is 17.3 Å². The number of carbonyl (C=O) groups excluding carboxylic acids is 1. The first-order valence-corrected chi connectivity index (χ1v) is 6.46. The van der Waals surface area contributed by atoms with Crippen LogP contribution in [0.4, 0.5) is 11.4 Å². The Morgan fingerprint density at radius 1 is 1.39 bits per heavy atom. The van der Waals surface area contributed by atoms with Crippen molar-refractivity contribution in [3.05, 3.63) is 23.8 Å². The molecule has 0 atom stereocenters. The summed E-state index contributed by atoms with van der Waals surface area (Å²) in [7, 11) is 0. The minimum Gasteiger partial charge on any atom is -0.398 e. The largest absolute Gasteiger partial charge is 0.398 e. The van der Waals surface area contributed by atoms with Crippen LogP contribution in [0.1, 0.15) is 24.8 Å². The van der Waals surface area contributed by atoms with Gasteiger partial charge >= 0.3 is 0 Å². The number of piperidine rings is 1. The third kappa shape index (κ3) is 2.75. The summed E-state index contributed by atoms with van der Waals surface area (Å²) >= 11 is 0. The average Bonchev–Trinajstić information content (AvgIpc) is 2.33. The minimum atomic E-state index is -0.186. The minimum absolute atomic E-state index is 0.186. The SMILES string of the molecule is Cc1c(N)cccc1N1CCC(CC(N)=O)CC1. The molecule has 0 unspecified atom stereocenters. The van der Waals surface area contributed by atoms with E-state index in [0.717, 1.165) is 37.2 Å². The Labute approximate surface area is 108 Å². The van der Waals surface area contributed by atoms with Gasteiger partial charge < -0.3 is 16.4 Å². The molecule has 98 valence electrons. The monoisotopic (exact) mass is 247 g/mol. The second-order valence-corrected chi connectivity index (χ2v) is 5.09. The number of benzene rings is 1. The van der Waals surface area contributed by atoms with Gasteiger partial charge in [0.1, 0.15) is 0 Å². The third-order valence-corrected chi connectivity index (χ3v) is 3.79. The number of anilines is 2. The van der Waals surface area contributed by atoms with Crippen molar-refractivity contribution in [1.82, 2.24) is 0 Å². The van der Waals surface area contributed by atoms with Gasteiger partial charge in [0.15, 0.2) is 0 Å². The summed E-state index contributed by atoms with van der Waals surface area (Å²) in [5, 5.41) is 0. The van der Waals surface area contributed by atoms with Crippen molar-refractivity contribution in [3.63, 3.8) is 0 Å². The molecule has 4 nitrogen and oxygen atoms in total. The number of nitrogens with zero attached hydrogens (tertiary/aromatic N) is 1. The molecule has 1 heterocycles. The summed E-state index contributed by atoms with van der Waals surface area (Å²) in [5.41, 5.74) is 14.4. The molecule has 1 aliphatic heterocycles. The van der Waals surface area contributed by atoms with E-state index < -0.39 is 0 Å². The van der Waals surface area contributed by atoms with Crippen LogP contribution in [-0.4, -0.2) is 19.0 Å². The molecule has 1 aromatic carbocycles. The van der Waals surface area contributed by atoms with Crippen molar-refractivity contribution in [3.8, 4) is 0 Å². The number of rotatable bonds is 3. The molecule has 0 saturated carbocycles. The van der Waals surface area contributed by atoms with Gasteiger partial charge in [-0.15, -0.1) is 0 Å². The molecule has 4 N–H and O–H groups in total. The Morgan fingerprint density at radius 3 is 2.67 bits per heavy atom. The number of hydrogen-bond acceptors (Lipinski definition) is 3. The van der Waals surface area contributed by atoms with Gasteiger partial charge in [0.25, 0.3) is 0 Å². The molecule has 18 heavy (non-hydrogen) atoms. The van der Waals surface area contributed by atoms with Crippen molar-refractivity contribution < 1.29 is 4.79 Å². The maximum absolute atomic E-state index is 10.9. The van der Waals surface area contributed by atoms with E-state index in [2.05, 4.69) is 17.9 Å². The highest BCUT2D eigenvalue weighted by atomic mass is 16.1. The van der Waals surface area contributed by atoms with Crippen LogP contribution in [0.5, 0.6) is 0 Å². The van der Waals surface area contributed by atoms with Crippen molar-refractivity contribution in [1.29, 1.82) is 0 Å². The molecule has 1 aliphatic rings. The molecule has 0 spiro atoms. The van der Waals surface area contributed by atoms with E-state index in [0.29, 0.717) is 12.3 Å². The first-order valence-electron chi connectivity index (χ1n) is 6.46. The van der Waals surface area contributed by atoms with E-state index in [1.54, 1.807) is 0 Å². The maximum Gasteiger partial charge on any atom is 0.217 e. The Hall–Kier alpha value is -1.71. The fraction of sp³-hybridized carbons (Fsp3) is 0.500. The fourth-order valence-corrected chi connectivity index (χ4v) is 2.65. The summed E-state index contributed by atoms with van der Waals surface area (Å²) in [5.74, 6) is 0.258. The van der Waals surface area contributed by atoms with Gasteiger partial charge in [0.2, 0.25) is 5.91 Å². The maximum atomic E-state index is 10.9. The molecule has 1 fully saturated rings. The summed E-state index contributed by atoms with van der Waals surface area (Å²) in [6.45, 7) is 4.00. The second kappa shape index (κ2) is 5.29. The lowest BCUT2D eigenvalue weighted by atomic mass is 9.92. The molecule has 1 saturated heterocycles. The predicted molar refractivity (Wildman–Crippen MR) is 74.3 cm³/mol. The first kappa shape index (κ1) is 12.7. The van der Waals surface area contributed by atoms with E-state index in [-0.39, 0.29) is 5.91 Å². The molecule has 1 amide bonds. The van der Waals surface area contributed by atoms with Crippen LogP contribution in [0.2, 0.25) is 0 Å². The van der Waals surface area contributed by atoms with Crippen molar-refractivity contribution in [2.45, 2.75) is 26.2 Å². The molecule has 0 bridgehead atoms. The summed E-state index contributed by atoms with van der Waals surface area (Å²) in [6, 6.07) is 6.03. The van der Waals surface area contributed by atoms with Crippen LogP contribution < -0.4 is 16.4 Å². The number of primary amides is 1. The van der Waals surface area contributed by atoms with E-state index >= 15 is 0 Å². The number of nitrogens with two attached hydrogens (primary N) is 2. The molecule has 4 heteroatoms. The van der Waals surface area contributed by atoms with Gasteiger partial charge in [-0.2, -0.15) is 0 Å². The standard InChI is InChI=1S/C14H21N3O/c1-10-12(15)3-2-4-13(10)17-7-5-11(6-8-17)9-14(16)18/h2-4,11H,5-9,15H2,1H3,(H2,16,18). The Balaban J connectivity index is 2.01. The Bertz CT molecular complexity index is 437. The number of amides is 1. The highest BCUT2D eigenvalue weighted by Crippen LogP contribution is 2.29. The lowest BCUT2D eigenvalue weighted by Gasteiger charge is -2.34. The molecular formula is C14H21N3O. The summed E-state index contributed by atoms with van der Waals surface area (Å²) in [6.07, 6.45) is 2.57. The average molecular weight is 247 g/mol. The molecule has 0 aromatic heterocycles. The molecule has 1 aromatic rings. The quantitative estimate of drug-likeness (QED) is 0.798. The van der Waals surface area contributed by atoms with Crippen LogP contribution in [0.15, 0.2) is 18.2 Å². The number of nitrogen functional groups attached to an aromatic ring is 1. The molecular weight excluding hydrogens is 226 g/mol. The molecule has 2 rings (SSSR count). The summed E-state index contributed by atoms with van der Waals surface area (Å²) < 4.78 is 0. The normalized spacial score (nSPS) is 16.8. The van der Waals surface area contributed by atoms with Crippen molar-refractivity contribution in [2.24, 2.45) is 11.7 Å². The van der Waals surface area contributed by atoms with Crippen LogP contribution in [0.3, 0.4) is 0 Å². The highest BCUT2D eigenvalue weighted by Gasteiger charge is 2.21. The zero-order valence-corrected chi connectivity index (χ0v) is 10.9. The second-order valence-electron chi connectivity index (χ2n) is 5.09. The predicted octanol–water partition coefficient (Wildman–Crippen LogP) is 1.67. The van der Waals surface area contributed by atoms with Crippen LogP contribution in [0, 0.1) is 12.8 Å². The van der Waals surface area contributed by atoms with E-state index in [4.69, 9.17) is 11.5 Å². The van der Waals surface area contributed by atoms with Crippen LogP contribution >= 0.6 is 0 Å². The van der Waals surface area contributed by atoms with E-state index in [9.17, 15) is 4.79 Å². The number of hydrogen-bond donors (Lipinski definition) is 2. The number of carbonyl (C=O) groups is 1. The zero-order chi connectivity index (χ0) is 13.1. The lowest BCUT2D eigenvalue weighted by molar-refractivity contribution is -0.119. The van der Waals surface area contributed by atoms with Gasteiger partial charge in [-0.05, 0) is 43.4 Å². The zero-order valence-electron chi connectivity index (χ0n) is 10.9. The molecule has 0 radical (unpaired) electrons. The molecule has 0 aliphatic carbocycles. The Kier molecular flexibility index (Phi) is 3.75. The van der Waals surface area contributed by atoms with Crippen LogP contribution in [0.25, 0.3) is 0 Å². The van der Waals surface area contributed by atoms with E-state index in [1.807, 2.05) is 12.1 Å². The van der Waals surface area contributed by atoms with Crippen molar-refractivity contribution in [2.75, 3.05) is 23.7 Å². The van der Waals surface area contributed by atoms with Crippen LogP contribution in [-0.2, 0) is 4.79 Å². The van der Waals surface area contributed by atoms with Gasteiger partial charge in [0.05, 0.1) is 0 Å². The third-order valence-electron chi connectivity index (χ3n) is 3.79. The topological polar surface area (TPSA) is 72.3 Å². The Morgan fingerprint density at radius 2 is 2.06 bits per heavy atom. The summed E-state index contributed by atoms with van der Waals surface area (Å²) in [4.78, 5) is 13.3. The van der Waals surface area contributed by atoms with Gasteiger partial charge in [0, 0.05) is 30.9 Å². The smallest absolute Gasteiger partial charge is 0.217 e. The highest BCUT2D eigenvalue weighted by molar-refractivity contribution is 5.74. The van der Waals surface area contributed by atoms with Gasteiger partial charge in [-0.3, -0.25) is 4.79 Å².